The first-order valence-corrected chi connectivity index (χ1v) is 20.6. The molecule has 0 bridgehead atoms. The summed E-state index contributed by atoms with van der Waals surface area (Å²) < 4.78 is 79.6. The fourth-order valence-electron chi connectivity index (χ4n) is 5.93. The molecule has 4 rings (SSSR count). The zero-order valence-electron chi connectivity index (χ0n) is 31.3. The van der Waals surface area contributed by atoms with Crippen LogP contribution in [0.4, 0.5) is 5.82 Å². The Morgan fingerprint density at radius 3 is 2.05 bits per heavy atom. The first-order valence-electron chi connectivity index (χ1n) is 16.5. The van der Waals surface area contributed by atoms with Gasteiger partial charge in [-0.25, -0.2) is 23.8 Å². The van der Waals surface area contributed by atoms with Crippen LogP contribution in [0.3, 0.4) is 0 Å². The number of methoxy groups -OCH3 is 2. The van der Waals surface area contributed by atoms with Gasteiger partial charge < -0.3 is 62.7 Å². The van der Waals surface area contributed by atoms with Gasteiger partial charge in [-0.2, -0.15) is 0 Å². The topological polar surface area (TPSA) is 323 Å². The molecule has 0 spiro atoms. The summed E-state index contributed by atoms with van der Waals surface area (Å²) in [5, 5.41) is 0. The number of rotatable bonds is 17. The summed E-state index contributed by atoms with van der Waals surface area (Å²) in [4.78, 5) is 94.7. The van der Waals surface area contributed by atoms with E-state index >= 15 is 0 Å². The van der Waals surface area contributed by atoms with E-state index in [0.29, 0.717) is 5.65 Å². The molecule has 2 fully saturated rings. The second-order valence-corrected chi connectivity index (χ2v) is 16.5. The molecule has 2 aliphatic heterocycles. The van der Waals surface area contributed by atoms with Crippen LogP contribution in [-0.2, 0) is 96.3 Å². The molecule has 2 aromatic heterocycles. The number of nitrogens with two attached hydrogens (primary N) is 1. The van der Waals surface area contributed by atoms with Gasteiger partial charge in [0, 0.05) is 48.8 Å². The molecule has 11 unspecified atom stereocenters. The number of hydrogen-bond acceptors (Lipinski definition) is 23. The van der Waals surface area contributed by atoms with Gasteiger partial charge in [0.2, 0.25) is 6.29 Å². The van der Waals surface area contributed by atoms with Gasteiger partial charge in [0.05, 0.1) is 12.9 Å². The Labute approximate surface area is 328 Å². The van der Waals surface area contributed by atoms with Gasteiger partial charge >= 0.3 is 44.4 Å². The molecule has 0 amide bonds. The molecule has 318 valence electrons. The lowest BCUT2D eigenvalue weighted by atomic mass is 9.94. The minimum absolute atomic E-state index is 0.105. The SMILES string of the molecule is COC1C(COP(O)(=S)OP(=O)(O)OC2OC([C@@H](COC(C)=O)OC(C)=O)C(OC(C)=O)C(OC(C)=O)C2OC(C)=O)OC(n2cnc3c(N)ncnc32)C1OC. The first kappa shape index (κ1) is 45.9. The van der Waals surface area contributed by atoms with E-state index in [-0.39, 0.29) is 11.3 Å². The van der Waals surface area contributed by atoms with Crippen molar-refractivity contribution in [2.24, 2.45) is 0 Å². The van der Waals surface area contributed by atoms with Crippen LogP contribution in [-0.4, -0.2) is 142 Å². The van der Waals surface area contributed by atoms with Crippen LogP contribution in [0.25, 0.3) is 11.2 Å². The molecule has 57 heavy (non-hydrogen) atoms. The van der Waals surface area contributed by atoms with Crippen LogP contribution >= 0.6 is 14.5 Å². The Bertz CT molecular complexity index is 1900. The second-order valence-electron chi connectivity index (χ2n) is 12.1. The van der Waals surface area contributed by atoms with Crippen LogP contribution in [0.1, 0.15) is 40.8 Å². The average molecular weight is 874 g/mol. The lowest BCUT2D eigenvalue weighted by Gasteiger charge is -2.45. The van der Waals surface area contributed by atoms with Crippen molar-refractivity contribution in [2.75, 3.05) is 33.2 Å². The summed E-state index contributed by atoms with van der Waals surface area (Å²) in [5.74, 6) is -4.82. The predicted molar refractivity (Wildman–Crippen MR) is 187 cm³/mol. The second kappa shape index (κ2) is 19.3. The summed E-state index contributed by atoms with van der Waals surface area (Å²) >= 11 is 5.01. The van der Waals surface area contributed by atoms with E-state index < -0.39 is 119 Å². The van der Waals surface area contributed by atoms with E-state index in [1.165, 1.54) is 31.4 Å². The molecule has 25 nitrogen and oxygen atoms in total. The predicted octanol–water partition coefficient (Wildman–Crippen LogP) is -0.282. The number of imidazole rings is 1. The zero-order chi connectivity index (χ0) is 42.4. The van der Waals surface area contributed by atoms with Gasteiger partial charge in [-0.1, -0.05) is 0 Å². The van der Waals surface area contributed by atoms with Gasteiger partial charge in [-0.15, -0.1) is 0 Å². The normalized spacial score (nSPS) is 28.7. The summed E-state index contributed by atoms with van der Waals surface area (Å²) in [6, 6.07) is 0. The van der Waals surface area contributed by atoms with Gasteiger partial charge in [-0.3, -0.25) is 33.1 Å². The largest absolute Gasteiger partial charge is 0.481 e. The van der Waals surface area contributed by atoms with Crippen molar-refractivity contribution in [3.63, 3.8) is 0 Å². The van der Waals surface area contributed by atoms with Crippen molar-refractivity contribution in [3.05, 3.63) is 12.7 Å². The number of ether oxygens (including phenoxy) is 9. The molecule has 0 aromatic carbocycles. The van der Waals surface area contributed by atoms with E-state index in [1.54, 1.807) is 0 Å². The number of nitrogens with zero attached hydrogens (tertiary/aromatic N) is 4. The number of hydrogen-bond donors (Lipinski definition) is 3. The average Bonchev–Trinajstić information content (AvgIpc) is 3.68. The molecule has 28 heteroatoms. The van der Waals surface area contributed by atoms with E-state index in [1.807, 2.05) is 0 Å². The van der Waals surface area contributed by atoms with Crippen LogP contribution in [0, 0.1) is 0 Å². The Morgan fingerprint density at radius 2 is 1.47 bits per heavy atom. The van der Waals surface area contributed by atoms with Crippen molar-refractivity contribution in [1.29, 1.82) is 0 Å². The van der Waals surface area contributed by atoms with E-state index in [4.69, 9.17) is 73.5 Å². The molecular formula is C29H41N5O20P2S. The van der Waals surface area contributed by atoms with Crippen molar-refractivity contribution in [1.82, 2.24) is 19.5 Å². The summed E-state index contributed by atoms with van der Waals surface area (Å²) in [6.07, 6.45) is -12.7. The standard InChI is InChI=1S/C29H41N5O20P2S/c1-12(35)45-8-17(47-13(2)36)21-22(48-14(3)37)23(49-15(4)38)25(50-16(5)39)29(52-21)53-55(40,41)54-56(42,57)46-9-18-20(43-6)24(44-7)28(51-18)34-11-33-19-26(30)31-10-32-27(19)34/h10-11,17-18,20-25,28-29H,8-9H2,1-7H3,(H,40,41)(H,42,57)(H2,30,31,32)/t17-,18?,20?,21?,22?,23?,24?,25?,28?,29?,56?/m1/s1. The zero-order valence-corrected chi connectivity index (χ0v) is 33.9. The summed E-state index contributed by atoms with van der Waals surface area (Å²) in [5.41, 5.74) is 6.48. The maximum atomic E-state index is 13.5. The van der Waals surface area contributed by atoms with E-state index in [2.05, 4.69) is 15.0 Å². The molecule has 2 saturated heterocycles. The maximum Gasteiger partial charge on any atom is 0.481 e. The van der Waals surface area contributed by atoms with Crippen molar-refractivity contribution in [2.45, 2.75) is 96.0 Å². The Morgan fingerprint density at radius 1 is 0.860 bits per heavy atom. The van der Waals surface area contributed by atoms with Crippen molar-refractivity contribution in [3.8, 4) is 0 Å². The fraction of sp³-hybridized carbons (Fsp3) is 0.655. The smallest absolute Gasteiger partial charge is 0.462 e. The number of carbonyl (C=O) groups excluding carboxylic acids is 5. The quantitative estimate of drug-likeness (QED) is 0.104. The van der Waals surface area contributed by atoms with Gasteiger partial charge in [-0.05, 0) is 11.8 Å². The highest BCUT2D eigenvalue weighted by Gasteiger charge is 2.57. The first-order chi connectivity index (χ1) is 26.7. The summed E-state index contributed by atoms with van der Waals surface area (Å²) in [6.45, 7) is -1.38. The maximum absolute atomic E-state index is 13.5. The summed E-state index contributed by atoms with van der Waals surface area (Å²) in [7, 11) is -2.98. The molecule has 0 aliphatic carbocycles. The Hall–Kier alpha value is -3.78. The number of esters is 5. The fourth-order valence-corrected chi connectivity index (χ4v) is 9.02. The highest BCUT2D eigenvalue weighted by Crippen LogP contribution is 2.62. The van der Waals surface area contributed by atoms with Crippen LogP contribution in [0.2, 0.25) is 0 Å². The molecule has 2 aliphatic rings. The lowest BCUT2D eigenvalue weighted by molar-refractivity contribution is -0.301. The monoisotopic (exact) mass is 873 g/mol. The van der Waals surface area contributed by atoms with Crippen LogP contribution in [0.5, 0.6) is 0 Å². The third-order valence-corrected chi connectivity index (χ3v) is 11.4. The molecule has 12 atom stereocenters. The van der Waals surface area contributed by atoms with Gasteiger partial charge in [0.15, 0.2) is 42.1 Å². The third-order valence-electron chi connectivity index (χ3n) is 7.91. The number of carbonyl (C=O) groups is 5. The number of phosphoric ester groups is 1. The van der Waals surface area contributed by atoms with Crippen LogP contribution in [0.15, 0.2) is 12.7 Å². The number of anilines is 1. The number of nitrogen functional groups attached to an aromatic ring is 1. The van der Waals surface area contributed by atoms with Crippen molar-refractivity contribution < 1.29 is 94.3 Å². The lowest BCUT2D eigenvalue weighted by Crippen LogP contribution is -2.65. The highest BCUT2D eigenvalue weighted by atomic mass is 32.5. The molecule has 0 saturated carbocycles. The highest BCUT2D eigenvalue weighted by molar-refractivity contribution is 8.08. The molecule has 4 N–H and O–H groups in total. The third kappa shape index (κ3) is 11.9. The molecular weight excluding hydrogens is 832 g/mol. The molecule has 2 aromatic rings. The minimum Gasteiger partial charge on any atom is -0.462 e. The van der Waals surface area contributed by atoms with E-state index in [9.17, 15) is 38.3 Å². The van der Waals surface area contributed by atoms with Crippen molar-refractivity contribution >= 4 is 73.2 Å². The number of fused-ring (bicyclic) bond motifs is 1. The van der Waals surface area contributed by atoms with Gasteiger partial charge in [0.25, 0.3) is 0 Å². The minimum atomic E-state index is -5.69. The number of phosphoric acid groups is 1. The van der Waals surface area contributed by atoms with Gasteiger partial charge in [0.1, 0.15) is 42.9 Å². The van der Waals surface area contributed by atoms with Crippen LogP contribution < -0.4 is 5.73 Å². The number of aromatic nitrogens is 4. The molecule has 0 radical (unpaired) electrons. The van der Waals surface area contributed by atoms with E-state index in [0.717, 1.165) is 34.6 Å². The molecule has 4 heterocycles. The Kier molecular flexibility index (Phi) is 15.6. The Balaban J connectivity index is 1.59.